The van der Waals surface area contributed by atoms with Crippen molar-refractivity contribution in [1.82, 2.24) is 20.2 Å². The minimum atomic E-state index is -0.850. The second kappa shape index (κ2) is 9.05. The van der Waals surface area contributed by atoms with Crippen LogP contribution in [-0.2, 0) is 20.7 Å². The number of benzene rings is 2. The first-order valence-corrected chi connectivity index (χ1v) is 8.58. The predicted molar refractivity (Wildman–Crippen MR) is 98.0 cm³/mol. The van der Waals surface area contributed by atoms with E-state index < -0.39 is 30.3 Å². The summed E-state index contributed by atoms with van der Waals surface area (Å²) in [5, 5.41) is 13.3. The summed E-state index contributed by atoms with van der Waals surface area (Å²) < 4.78 is 20.1. The average molecular weight is 404 g/mol. The van der Waals surface area contributed by atoms with Gasteiger partial charge in [-0.05, 0) is 34.2 Å². The SMILES string of the molecule is O=C(COC(=O)[C@H](Cc1ccccc1)n1cnnn1)Nc1ccc(Cl)cc1F. The van der Waals surface area contributed by atoms with Gasteiger partial charge in [0.25, 0.3) is 5.91 Å². The van der Waals surface area contributed by atoms with E-state index in [1.807, 2.05) is 30.3 Å². The molecule has 0 bridgehead atoms. The van der Waals surface area contributed by atoms with Crippen LogP contribution >= 0.6 is 11.6 Å². The molecule has 0 aliphatic carbocycles. The van der Waals surface area contributed by atoms with Crippen LogP contribution in [0.2, 0.25) is 5.02 Å². The number of carbonyl (C=O) groups excluding carboxylic acids is 2. The standard InChI is InChI=1S/C18H15ClFN5O3/c19-13-6-7-15(14(20)9-13)22-17(26)10-28-18(27)16(25-11-21-23-24-25)8-12-4-2-1-3-5-12/h1-7,9,11,16H,8,10H2,(H,22,26)/t16-/m0/s1. The molecule has 0 saturated carbocycles. The van der Waals surface area contributed by atoms with Gasteiger partial charge in [0, 0.05) is 11.4 Å². The monoisotopic (exact) mass is 403 g/mol. The summed E-state index contributed by atoms with van der Waals surface area (Å²) in [5.41, 5.74) is 0.805. The van der Waals surface area contributed by atoms with Crippen molar-refractivity contribution in [2.24, 2.45) is 0 Å². The van der Waals surface area contributed by atoms with Gasteiger partial charge >= 0.3 is 5.97 Å². The lowest BCUT2D eigenvalue weighted by molar-refractivity contribution is -0.151. The molecule has 0 aliphatic rings. The highest BCUT2D eigenvalue weighted by Gasteiger charge is 2.25. The van der Waals surface area contributed by atoms with E-state index in [1.54, 1.807) is 0 Å². The zero-order chi connectivity index (χ0) is 19.9. The Balaban J connectivity index is 1.62. The average Bonchev–Trinajstić information content (AvgIpc) is 3.22. The predicted octanol–water partition coefficient (Wildman–Crippen LogP) is 2.43. The zero-order valence-electron chi connectivity index (χ0n) is 14.5. The molecule has 144 valence electrons. The Hall–Kier alpha value is -3.33. The van der Waals surface area contributed by atoms with Crippen molar-refractivity contribution in [3.63, 3.8) is 0 Å². The quantitative estimate of drug-likeness (QED) is 0.608. The van der Waals surface area contributed by atoms with E-state index in [-0.39, 0.29) is 17.1 Å². The van der Waals surface area contributed by atoms with Gasteiger partial charge in [0.15, 0.2) is 12.6 Å². The molecule has 0 fully saturated rings. The summed E-state index contributed by atoms with van der Waals surface area (Å²) in [6.45, 7) is -0.589. The van der Waals surface area contributed by atoms with Crippen LogP contribution in [0.4, 0.5) is 10.1 Å². The molecule has 1 aromatic heterocycles. The molecule has 8 nitrogen and oxygen atoms in total. The van der Waals surface area contributed by atoms with Crippen LogP contribution in [0, 0.1) is 5.82 Å². The number of aromatic nitrogens is 4. The molecule has 0 saturated heterocycles. The fourth-order valence-electron chi connectivity index (χ4n) is 2.44. The lowest BCUT2D eigenvalue weighted by Gasteiger charge is -2.15. The van der Waals surface area contributed by atoms with Crippen LogP contribution in [0.1, 0.15) is 11.6 Å². The van der Waals surface area contributed by atoms with E-state index in [4.69, 9.17) is 16.3 Å². The number of tetrazole rings is 1. The largest absolute Gasteiger partial charge is 0.454 e. The summed E-state index contributed by atoms with van der Waals surface area (Å²) in [6.07, 6.45) is 1.57. The first-order valence-electron chi connectivity index (χ1n) is 8.21. The van der Waals surface area contributed by atoms with Gasteiger partial charge in [-0.25, -0.2) is 13.9 Å². The third kappa shape index (κ3) is 5.10. The van der Waals surface area contributed by atoms with E-state index in [0.717, 1.165) is 11.6 Å². The van der Waals surface area contributed by atoms with Gasteiger partial charge in [-0.3, -0.25) is 4.79 Å². The van der Waals surface area contributed by atoms with Gasteiger partial charge in [-0.1, -0.05) is 41.9 Å². The highest BCUT2D eigenvalue weighted by molar-refractivity contribution is 6.30. The number of nitrogens with one attached hydrogen (secondary N) is 1. The lowest BCUT2D eigenvalue weighted by atomic mass is 10.1. The molecule has 28 heavy (non-hydrogen) atoms. The number of nitrogens with zero attached hydrogens (tertiary/aromatic N) is 4. The van der Waals surface area contributed by atoms with Gasteiger partial charge in [0.05, 0.1) is 5.69 Å². The van der Waals surface area contributed by atoms with Crippen molar-refractivity contribution >= 4 is 29.2 Å². The third-order valence-electron chi connectivity index (χ3n) is 3.78. The summed E-state index contributed by atoms with van der Waals surface area (Å²) in [6, 6.07) is 12.2. The number of hydrogen-bond donors (Lipinski definition) is 1. The fraction of sp³-hybridized carbons (Fsp3) is 0.167. The van der Waals surface area contributed by atoms with Crippen LogP contribution in [0.25, 0.3) is 0 Å². The van der Waals surface area contributed by atoms with Gasteiger partial charge in [0.2, 0.25) is 0 Å². The number of amides is 1. The van der Waals surface area contributed by atoms with Crippen LogP contribution < -0.4 is 5.32 Å². The van der Waals surface area contributed by atoms with Crippen molar-refractivity contribution < 1.29 is 18.7 Å². The molecular formula is C18H15ClFN5O3. The van der Waals surface area contributed by atoms with Gasteiger partial charge in [-0.15, -0.1) is 5.10 Å². The molecule has 0 radical (unpaired) electrons. The van der Waals surface area contributed by atoms with Crippen molar-refractivity contribution in [1.29, 1.82) is 0 Å². The maximum absolute atomic E-state index is 13.7. The fourth-order valence-corrected chi connectivity index (χ4v) is 2.60. The van der Waals surface area contributed by atoms with Crippen LogP contribution in [-0.4, -0.2) is 38.7 Å². The van der Waals surface area contributed by atoms with Crippen LogP contribution in [0.5, 0.6) is 0 Å². The Morgan fingerprint density at radius 3 is 2.68 bits per heavy atom. The maximum atomic E-state index is 13.7. The van der Waals surface area contributed by atoms with Crippen molar-refractivity contribution in [2.45, 2.75) is 12.5 Å². The first kappa shape index (κ1) is 19.4. The van der Waals surface area contributed by atoms with E-state index in [2.05, 4.69) is 20.8 Å². The van der Waals surface area contributed by atoms with Gasteiger partial charge in [-0.2, -0.15) is 0 Å². The number of ether oxygens (including phenoxy) is 1. The molecule has 0 aliphatic heterocycles. The van der Waals surface area contributed by atoms with Crippen LogP contribution in [0.3, 0.4) is 0 Å². The highest BCUT2D eigenvalue weighted by atomic mass is 35.5. The van der Waals surface area contributed by atoms with Crippen LogP contribution in [0.15, 0.2) is 54.9 Å². The molecule has 3 aromatic rings. The second-order valence-electron chi connectivity index (χ2n) is 5.78. The highest BCUT2D eigenvalue weighted by Crippen LogP contribution is 2.19. The molecule has 1 N–H and O–H groups in total. The molecule has 1 heterocycles. The normalized spacial score (nSPS) is 11.6. The van der Waals surface area contributed by atoms with E-state index in [0.29, 0.717) is 0 Å². The topological polar surface area (TPSA) is 99.0 Å². The van der Waals surface area contributed by atoms with Crippen molar-refractivity contribution in [3.05, 3.63) is 71.3 Å². The molecule has 10 heteroatoms. The molecule has 1 amide bonds. The second-order valence-corrected chi connectivity index (χ2v) is 6.21. The Kier molecular flexibility index (Phi) is 6.28. The zero-order valence-corrected chi connectivity index (χ0v) is 15.2. The number of esters is 1. The van der Waals surface area contributed by atoms with Gasteiger partial charge < -0.3 is 10.1 Å². The summed E-state index contributed by atoms with van der Waals surface area (Å²) in [5.74, 6) is -2.07. The van der Waals surface area contributed by atoms with E-state index in [1.165, 1.54) is 23.1 Å². The molecule has 2 aromatic carbocycles. The molecule has 0 unspecified atom stereocenters. The summed E-state index contributed by atoms with van der Waals surface area (Å²) >= 11 is 5.67. The minimum absolute atomic E-state index is 0.0632. The number of anilines is 1. The van der Waals surface area contributed by atoms with Gasteiger partial charge in [0.1, 0.15) is 12.1 Å². The minimum Gasteiger partial charge on any atom is -0.454 e. The molecule has 3 rings (SSSR count). The Labute approximate surface area is 164 Å². The lowest BCUT2D eigenvalue weighted by Crippen LogP contribution is -2.28. The summed E-state index contributed by atoms with van der Waals surface area (Å²) in [4.78, 5) is 24.5. The van der Waals surface area contributed by atoms with Crippen molar-refractivity contribution in [3.8, 4) is 0 Å². The summed E-state index contributed by atoms with van der Waals surface area (Å²) in [7, 11) is 0. The smallest absolute Gasteiger partial charge is 0.331 e. The number of carbonyl (C=O) groups is 2. The molecule has 0 spiro atoms. The number of hydrogen-bond acceptors (Lipinski definition) is 6. The first-order chi connectivity index (χ1) is 13.5. The van der Waals surface area contributed by atoms with Crippen molar-refractivity contribution in [2.75, 3.05) is 11.9 Å². The molecule has 1 atom stereocenters. The van der Waals surface area contributed by atoms with E-state index >= 15 is 0 Å². The maximum Gasteiger partial charge on any atom is 0.331 e. The Morgan fingerprint density at radius 1 is 1.21 bits per heavy atom. The molecular weight excluding hydrogens is 389 g/mol. The van der Waals surface area contributed by atoms with E-state index in [9.17, 15) is 14.0 Å². The Bertz CT molecular complexity index is 953. The number of halogens is 2. The third-order valence-corrected chi connectivity index (χ3v) is 4.01. The number of rotatable bonds is 7. The Morgan fingerprint density at radius 2 is 2.00 bits per heavy atom.